The minimum Gasteiger partial charge on any atom is -0.462 e. The molecule has 0 bridgehead atoms. The summed E-state index contributed by atoms with van der Waals surface area (Å²) in [5.74, 6) is -0.451. The van der Waals surface area contributed by atoms with Crippen LogP contribution in [0.5, 0.6) is 0 Å². The molecule has 1 spiro atoms. The van der Waals surface area contributed by atoms with Crippen LogP contribution in [0, 0.1) is 16.7 Å². The topological polar surface area (TPSA) is 88.5 Å². The predicted molar refractivity (Wildman–Crippen MR) is 116 cm³/mol. The van der Waals surface area contributed by atoms with Crippen molar-refractivity contribution in [3.8, 4) is 0 Å². The summed E-state index contributed by atoms with van der Waals surface area (Å²) in [6.07, 6.45) is 3.73. The van der Waals surface area contributed by atoms with Crippen molar-refractivity contribution in [3.05, 3.63) is 11.6 Å². The lowest BCUT2D eigenvalue weighted by Gasteiger charge is -2.64. The molecule has 8 unspecified atom stereocenters. The van der Waals surface area contributed by atoms with Gasteiger partial charge in [0, 0.05) is 23.8 Å². The standard InChI is InChI=1S/C25H40O6/c1-15(2)14-17(27)29-13-12-22(5)10-11-25(31-22)23(6)16(26)8-9-21(3,4)19(23)18(28)20-24(25,7)30-20/h14,16,18-20,26,28H,8-13H2,1-7H3. The van der Waals surface area contributed by atoms with Crippen molar-refractivity contribution in [2.24, 2.45) is 16.7 Å². The largest absolute Gasteiger partial charge is 0.462 e. The number of rotatable bonds is 4. The van der Waals surface area contributed by atoms with E-state index in [1.54, 1.807) is 0 Å². The molecule has 31 heavy (non-hydrogen) atoms. The summed E-state index contributed by atoms with van der Waals surface area (Å²) in [6, 6.07) is 0. The summed E-state index contributed by atoms with van der Waals surface area (Å²) in [5.41, 5.74) is -1.65. The number of allylic oxidation sites excluding steroid dienone is 1. The van der Waals surface area contributed by atoms with Gasteiger partial charge in [-0.3, -0.25) is 0 Å². The number of carbonyl (C=O) groups excluding carboxylic acids is 1. The van der Waals surface area contributed by atoms with Crippen LogP contribution in [0.2, 0.25) is 0 Å². The Morgan fingerprint density at radius 2 is 1.77 bits per heavy atom. The second kappa shape index (κ2) is 7.02. The van der Waals surface area contributed by atoms with E-state index in [0.29, 0.717) is 12.8 Å². The third-order valence-corrected chi connectivity index (χ3v) is 9.13. The number of esters is 1. The smallest absolute Gasteiger partial charge is 0.330 e. The van der Waals surface area contributed by atoms with Crippen molar-refractivity contribution < 1.29 is 29.2 Å². The molecule has 4 fully saturated rings. The molecule has 0 radical (unpaired) electrons. The molecular weight excluding hydrogens is 396 g/mol. The van der Waals surface area contributed by atoms with Crippen molar-refractivity contribution in [2.75, 3.05) is 6.61 Å². The molecule has 2 saturated carbocycles. The first-order chi connectivity index (χ1) is 14.2. The highest BCUT2D eigenvalue weighted by Crippen LogP contribution is 2.74. The fourth-order valence-electron chi connectivity index (χ4n) is 7.49. The molecule has 176 valence electrons. The summed E-state index contributed by atoms with van der Waals surface area (Å²) in [4.78, 5) is 11.9. The SMILES string of the molecule is CC(C)=CC(=O)OCCC1(C)CCC2(O1)C1(C)OC1C(O)C1C(C)(C)CCC(O)C12C. The lowest BCUT2D eigenvalue weighted by molar-refractivity contribution is -0.284. The molecule has 6 nitrogen and oxygen atoms in total. The number of aliphatic hydroxyl groups is 2. The normalized spacial score (nSPS) is 49.8. The first-order valence-electron chi connectivity index (χ1n) is 11.8. The predicted octanol–water partition coefficient (Wildman–Crippen LogP) is 3.53. The Balaban J connectivity index is 1.62. The van der Waals surface area contributed by atoms with Crippen LogP contribution < -0.4 is 0 Å². The molecule has 2 heterocycles. The Morgan fingerprint density at radius 1 is 1.10 bits per heavy atom. The molecule has 4 aliphatic rings. The molecule has 0 amide bonds. The van der Waals surface area contributed by atoms with Gasteiger partial charge >= 0.3 is 5.97 Å². The Kier molecular flexibility index (Phi) is 5.26. The minimum atomic E-state index is -0.690. The van der Waals surface area contributed by atoms with Gasteiger partial charge < -0.3 is 24.4 Å². The number of aliphatic hydroxyl groups excluding tert-OH is 2. The van der Waals surface area contributed by atoms with Crippen molar-refractivity contribution >= 4 is 5.97 Å². The zero-order chi connectivity index (χ0) is 23.0. The Morgan fingerprint density at radius 3 is 2.42 bits per heavy atom. The number of ether oxygens (including phenoxy) is 3. The Hall–Kier alpha value is -0.950. The van der Waals surface area contributed by atoms with Crippen molar-refractivity contribution in [1.82, 2.24) is 0 Å². The van der Waals surface area contributed by atoms with E-state index < -0.39 is 34.4 Å². The van der Waals surface area contributed by atoms with Gasteiger partial charge in [-0.15, -0.1) is 0 Å². The van der Waals surface area contributed by atoms with Crippen LogP contribution in [0.3, 0.4) is 0 Å². The summed E-state index contributed by atoms with van der Waals surface area (Å²) < 4.78 is 18.6. The maximum atomic E-state index is 11.9. The molecule has 8 atom stereocenters. The third kappa shape index (κ3) is 3.16. The zero-order valence-electron chi connectivity index (χ0n) is 20.2. The van der Waals surface area contributed by atoms with Gasteiger partial charge in [0.05, 0.1) is 24.4 Å². The van der Waals surface area contributed by atoms with Crippen molar-refractivity contribution in [1.29, 1.82) is 0 Å². The van der Waals surface area contributed by atoms with E-state index >= 15 is 0 Å². The number of hydrogen-bond acceptors (Lipinski definition) is 6. The van der Waals surface area contributed by atoms with Gasteiger partial charge in [0.1, 0.15) is 17.3 Å². The first kappa shape index (κ1) is 23.2. The molecule has 4 rings (SSSR count). The molecule has 6 heteroatoms. The van der Waals surface area contributed by atoms with Crippen LogP contribution >= 0.6 is 0 Å². The van der Waals surface area contributed by atoms with Gasteiger partial charge in [-0.1, -0.05) is 26.3 Å². The van der Waals surface area contributed by atoms with Gasteiger partial charge in [0.25, 0.3) is 0 Å². The molecule has 2 N–H and O–H groups in total. The van der Waals surface area contributed by atoms with E-state index in [-0.39, 0.29) is 30.0 Å². The van der Waals surface area contributed by atoms with Crippen molar-refractivity contribution in [3.63, 3.8) is 0 Å². The molecule has 0 aromatic carbocycles. The van der Waals surface area contributed by atoms with E-state index in [0.717, 1.165) is 24.8 Å². The highest BCUT2D eigenvalue weighted by atomic mass is 16.7. The van der Waals surface area contributed by atoms with E-state index in [2.05, 4.69) is 27.7 Å². The highest BCUT2D eigenvalue weighted by Gasteiger charge is 2.85. The monoisotopic (exact) mass is 436 g/mol. The molecular formula is C25H40O6. The van der Waals surface area contributed by atoms with Gasteiger partial charge in [0.2, 0.25) is 0 Å². The summed E-state index contributed by atoms with van der Waals surface area (Å²) >= 11 is 0. The van der Waals surface area contributed by atoms with Gasteiger partial charge in [-0.25, -0.2) is 4.79 Å². The van der Waals surface area contributed by atoms with E-state index in [1.165, 1.54) is 6.08 Å². The van der Waals surface area contributed by atoms with Crippen LogP contribution in [0.25, 0.3) is 0 Å². The van der Waals surface area contributed by atoms with E-state index in [1.807, 2.05) is 20.8 Å². The van der Waals surface area contributed by atoms with Crippen molar-refractivity contribution in [2.45, 2.75) is 116 Å². The summed E-state index contributed by atoms with van der Waals surface area (Å²) in [6.45, 7) is 14.6. The summed E-state index contributed by atoms with van der Waals surface area (Å²) in [5, 5.41) is 22.7. The molecule has 2 aliphatic carbocycles. The summed E-state index contributed by atoms with van der Waals surface area (Å²) in [7, 11) is 0. The number of fused-ring (bicyclic) bond motifs is 4. The van der Waals surface area contributed by atoms with Crippen LogP contribution in [0.4, 0.5) is 0 Å². The van der Waals surface area contributed by atoms with E-state index in [9.17, 15) is 15.0 Å². The lowest BCUT2D eigenvalue weighted by Crippen LogP contribution is -2.74. The Labute approximate surface area is 186 Å². The van der Waals surface area contributed by atoms with Crippen LogP contribution in [0.1, 0.15) is 80.6 Å². The fraction of sp³-hybridized carbons (Fsp3) is 0.880. The maximum Gasteiger partial charge on any atom is 0.330 e. The quantitative estimate of drug-likeness (QED) is 0.398. The average molecular weight is 437 g/mol. The maximum absolute atomic E-state index is 11.9. The molecule has 2 aliphatic heterocycles. The average Bonchev–Trinajstić information content (AvgIpc) is 3.22. The van der Waals surface area contributed by atoms with Crippen LogP contribution in [-0.4, -0.2) is 57.9 Å². The van der Waals surface area contributed by atoms with E-state index in [4.69, 9.17) is 14.2 Å². The number of carbonyl (C=O) groups is 1. The highest BCUT2D eigenvalue weighted by molar-refractivity contribution is 5.82. The Bertz CT molecular complexity index is 787. The molecule has 0 aromatic rings. The van der Waals surface area contributed by atoms with Gasteiger partial charge in [0.15, 0.2) is 0 Å². The first-order valence-corrected chi connectivity index (χ1v) is 11.8. The minimum absolute atomic E-state index is 0.123. The molecule has 0 aromatic heterocycles. The van der Waals surface area contributed by atoms with Crippen LogP contribution in [-0.2, 0) is 19.0 Å². The van der Waals surface area contributed by atoms with Gasteiger partial charge in [-0.05, 0) is 58.8 Å². The number of epoxide rings is 1. The lowest BCUT2D eigenvalue weighted by atomic mass is 9.42. The molecule has 2 saturated heterocycles. The number of hydrogen-bond donors (Lipinski definition) is 2. The third-order valence-electron chi connectivity index (χ3n) is 9.13. The zero-order valence-corrected chi connectivity index (χ0v) is 20.2. The van der Waals surface area contributed by atoms with Crippen LogP contribution in [0.15, 0.2) is 11.6 Å². The van der Waals surface area contributed by atoms with Gasteiger partial charge in [-0.2, -0.15) is 0 Å². The fourth-order valence-corrected chi connectivity index (χ4v) is 7.49. The second-order valence-corrected chi connectivity index (χ2v) is 12.0. The second-order valence-electron chi connectivity index (χ2n) is 12.0.